The highest BCUT2D eigenvalue weighted by atomic mass is 33.1. The second-order valence-electron chi connectivity index (χ2n) is 9.10. The van der Waals surface area contributed by atoms with Crippen LogP contribution in [-0.2, 0) is 0 Å². The number of hydrogen-bond acceptors (Lipinski definition) is 8. The Labute approximate surface area is 235 Å². The molecule has 8 aromatic rings. The number of rotatable bonds is 1. The molecule has 0 unspecified atom stereocenters. The lowest BCUT2D eigenvalue weighted by Gasteiger charge is -2.12. The third-order valence-corrected chi connectivity index (χ3v) is 17.3. The van der Waals surface area contributed by atoms with E-state index < -0.39 is 0 Å². The Bertz CT molecular complexity index is 2270. The third-order valence-electron chi connectivity index (χ3n) is 7.38. The SMILES string of the molecule is c1cc2ssc3c4ccc(-c5ccc6c7c8c(ccc9c8c(c6c5)SS9)SS7)c5ssc(c(c1)c23)c54. The average molecular weight is 603 g/mol. The molecular weight excluding hydrogens is 593 g/mol. The monoisotopic (exact) mass is 602 g/mol. The summed E-state index contributed by atoms with van der Waals surface area (Å²) in [5.41, 5.74) is 2.70. The van der Waals surface area contributed by atoms with E-state index in [1.54, 1.807) is 0 Å². The van der Waals surface area contributed by atoms with Gasteiger partial charge in [0, 0.05) is 62.2 Å². The molecule has 8 heteroatoms. The largest absolute Gasteiger partial charge is 0.0794 e. The number of hydrogen-bond donors (Lipinski definition) is 0. The second-order valence-corrected chi connectivity index (χ2v) is 17.8. The van der Waals surface area contributed by atoms with Crippen molar-refractivity contribution < 1.29 is 0 Å². The van der Waals surface area contributed by atoms with Crippen LogP contribution in [0.15, 0.2) is 80.2 Å². The quantitative estimate of drug-likeness (QED) is 0.135. The van der Waals surface area contributed by atoms with Gasteiger partial charge in [0.15, 0.2) is 0 Å². The van der Waals surface area contributed by atoms with Crippen LogP contribution in [0, 0.1) is 0 Å². The van der Waals surface area contributed by atoms with Gasteiger partial charge in [0.1, 0.15) is 0 Å². The van der Waals surface area contributed by atoms with Gasteiger partial charge in [-0.2, -0.15) is 0 Å². The van der Waals surface area contributed by atoms with Crippen molar-refractivity contribution in [1.29, 1.82) is 0 Å². The van der Waals surface area contributed by atoms with Gasteiger partial charge in [-0.05, 0) is 40.6 Å². The van der Waals surface area contributed by atoms with E-state index in [0.29, 0.717) is 0 Å². The van der Waals surface area contributed by atoms with Crippen LogP contribution in [0.5, 0.6) is 0 Å². The lowest BCUT2D eigenvalue weighted by Crippen LogP contribution is -1.86. The van der Waals surface area contributed by atoms with E-state index in [1.807, 2.05) is 84.5 Å². The summed E-state index contributed by atoms with van der Waals surface area (Å²) in [4.78, 5) is 5.75. The smallest absolute Gasteiger partial charge is 0.0550 e. The van der Waals surface area contributed by atoms with Gasteiger partial charge in [-0.15, -0.1) is 0 Å². The van der Waals surface area contributed by atoms with Crippen molar-refractivity contribution in [3.63, 3.8) is 0 Å². The van der Waals surface area contributed by atoms with Crippen molar-refractivity contribution in [2.45, 2.75) is 19.6 Å². The first kappa shape index (κ1) is 20.6. The Morgan fingerprint density at radius 2 is 1.14 bits per heavy atom. The predicted molar refractivity (Wildman–Crippen MR) is 172 cm³/mol. The van der Waals surface area contributed by atoms with Crippen LogP contribution in [0.2, 0.25) is 0 Å². The Morgan fingerprint density at radius 3 is 2.00 bits per heavy atom. The van der Waals surface area contributed by atoms with Gasteiger partial charge >= 0.3 is 0 Å². The van der Waals surface area contributed by atoms with E-state index in [0.717, 1.165) is 0 Å². The fraction of sp³-hybridized carbons (Fsp3) is 0. The van der Waals surface area contributed by atoms with Gasteiger partial charge in [-0.3, -0.25) is 0 Å². The molecule has 0 saturated carbocycles. The highest BCUT2D eigenvalue weighted by Gasteiger charge is 2.28. The Hall–Kier alpha value is -1.36. The molecule has 0 nitrogen and oxygen atoms in total. The Kier molecular flexibility index (Phi) is 4.11. The van der Waals surface area contributed by atoms with Crippen LogP contribution in [0.25, 0.3) is 73.0 Å². The zero-order valence-electron chi connectivity index (χ0n) is 18.0. The summed E-state index contributed by atoms with van der Waals surface area (Å²) in [6.45, 7) is 0. The Balaban J connectivity index is 1.31. The van der Waals surface area contributed by atoms with Crippen LogP contribution < -0.4 is 0 Å². The molecule has 2 aliphatic heterocycles. The molecule has 0 bridgehead atoms. The molecule has 0 aliphatic carbocycles. The van der Waals surface area contributed by atoms with Gasteiger partial charge in [-0.25, -0.2) is 0 Å². The fourth-order valence-electron chi connectivity index (χ4n) is 5.81. The summed E-state index contributed by atoms with van der Waals surface area (Å²) in [7, 11) is 15.5. The number of benzene rings is 6. The highest BCUT2D eigenvalue weighted by molar-refractivity contribution is 8.77. The summed E-state index contributed by atoms with van der Waals surface area (Å²) in [5, 5.41) is 11.6. The minimum absolute atomic E-state index is 1.33. The van der Waals surface area contributed by atoms with Crippen molar-refractivity contribution in [2.24, 2.45) is 0 Å². The van der Waals surface area contributed by atoms with Crippen LogP contribution in [0.4, 0.5) is 0 Å². The van der Waals surface area contributed by atoms with Crippen molar-refractivity contribution >= 4 is 146 Å². The molecule has 170 valence electrons. The first-order chi connectivity index (χ1) is 17.8. The second kappa shape index (κ2) is 7.18. The van der Waals surface area contributed by atoms with Crippen molar-refractivity contribution in [2.75, 3.05) is 0 Å². The van der Waals surface area contributed by atoms with Crippen LogP contribution in [0.1, 0.15) is 0 Å². The van der Waals surface area contributed by atoms with Crippen molar-refractivity contribution in [3.05, 3.63) is 60.7 Å². The van der Waals surface area contributed by atoms with Gasteiger partial charge in [-0.1, -0.05) is 121 Å². The predicted octanol–water partition coefficient (Wildman–Crippen LogP) is 12.7. The molecule has 0 spiro atoms. The summed E-state index contributed by atoms with van der Waals surface area (Å²) in [6.07, 6.45) is 0. The molecular formula is C28H10S8. The Morgan fingerprint density at radius 1 is 0.444 bits per heavy atom. The van der Waals surface area contributed by atoms with Crippen LogP contribution in [0.3, 0.4) is 0 Å². The zero-order valence-corrected chi connectivity index (χ0v) is 24.6. The summed E-state index contributed by atoms with van der Waals surface area (Å²) >= 11 is 0. The highest BCUT2D eigenvalue weighted by Crippen LogP contribution is 2.63. The average Bonchev–Trinajstić information content (AvgIpc) is 3.71. The van der Waals surface area contributed by atoms with E-state index in [-0.39, 0.29) is 0 Å². The van der Waals surface area contributed by atoms with E-state index in [1.165, 1.54) is 92.6 Å². The standard InChI is InChI=1S/C28H10S8/c1-2-14-20-17(3-1)29-33-26(20)15-7-6-12(24-21(15)27(14)36-35-24)11-4-5-13-16(10-11)28-23-19(31-34-28)9-8-18-22(23)25(13)32-30-18/h1-10H. The minimum atomic E-state index is 1.33. The molecule has 10 rings (SSSR count). The molecule has 0 atom stereocenters. The molecule has 6 aromatic carbocycles. The summed E-state index contributed by atoms with van der Waals surface area (Å²) in [5.74, 6) is 0. The lowest BCUT2D eigenvalue weighted by molar-refractivity contribution is 1.40. The topological polar surface area (TPSA) is 0 Å². The van der Waals surface area contributed by atoms with E-state index in [2.05, 4.69) is 60.7 Å². The first-order valence-electron chi connectivity index (χ1n) is 11.4. The molecule has 0 fully saturated rings. The van der Waals surface area contributed by atoms with E-state index in [9.17, 15) is 0 Å². The molecule has 2 aromatic heterocycles. The number of fused-ring (bicyclic) bond motifs is 5. The first-order valence-corrected chi connectivity index (χ1v) is 20.0. The molecule has 0 amide bonds. The van der Waals surface area contributed by atoms with Crippen molar-refractivity contribution in [1.82, 2.24) is 0 Å². The maximum Gasteiger partial charge on any atom is 0.0550 e. The van der Waals surface area contributed by atoms with Gasteiger partial charge in [0.05, 0.1) is 14.1 Å². The van der Waals surface area contributed by atoms with Gasteiger partial charge < -0.3 is 0 Å². The zero-order chi connectivity index (χ0) is 23.1. The minimum Gasteiger partial charge on any atom is -0.0794 e. The molecule has 0 radical (unpaired) electrons. The fourth-order valence-corrected chi connectivity index (χ4v) is 16.7. The molecule has 2 aliphatic rings. The maximum absolute atomic E-state index is 2.48. The third kappa shape index (κ3) is 2.44. The van der Waals surface area contributed by atoms with E-state index >= 15 is 0 Å². The summed E-state index contributed by atoms with van der Waals surface area (Å²) < 4.78 is 5.75. The van der Waals surface area contributed by atoms with Crippen LogP contribution >= 0.6 is 84.5 Å². The summed E-state index contributed by atoms with van der Waals surface area (Å²) in [6, 6.07) is 23.4. The lowest BCUT2D eigenvalue weighted by atomic mass is 9.95. The van der Waals surface area contributed by atoms with Crippen molar-refractivity contribution in [3.8, 4) is 11.1 Å². The van der Waals surface area contributed by atoms with E-state index in [4.69, 9.17) is 0 Å². The van der Waals surface area contributed by atoms with Crippen LogP contribution in [-0.4, -0.2) is 0 Å². The maximum atomic E-state index is 2.48. The van der Waals surface area contributed by atoms with Gasteiger partial charge in [0.2, 0.25) is 0 Å². The van der Waals surface area contributed by atoms with Gasteiger partial charge in [0.25, 0.3) is 0 Å². The normalized spacial score (nSPS) is 14.8. The molecule has 36 heavy (non-hydrogen) atoms. The molecule has 0 saturated heterocycles. The molecule has 0 N–H and O–H groups in total. The molecule has 4 heterocycles.